The van der Waals surface area contributed by atoms with Crippen LogP contribution in [-0.4, -0.2) is 53.8 Å². The number of anilines is 1. The minimum atomic E-state index is -0.432. The molecule has 0 aliphatic carbocycles. The van der Waals surface area contributed by atoms with E-state index in [9.17, 15) is 9.59 Å². The van der Waals surface area contributed by atoms with E-state index < -0.39 is 5.41 Å². The van der Waals surface area contributed by atoms with Crippen molar-refractivity contribution < 1.29 is 9.59 Å². The van der Waals surface area contributed by atoms with Gasteiger partial charge in [-0.15, -0.1) is 0 Å². The summed E-state index contributed by atoms with van der Waals surface area (Å²) in [6.07, 6.45) is 2.87. The lowest BCUT2D eigenvalue weighted by Gasteiger charge is -2.37. The Hall–Kier alpha value is -2.66. The Morgan fingerprint density at radius 2 is 1.74 bits per heavy atom. The van der Waals surface area contributed by atoms with Gasteiger partial charge in [-0.25, -0.2) is 0 Å². The molecular formula is C26H31N3O2. The molecule has 0 saturated carbocycles. The highest BCUT2D eigenvalue weighted by Crippen LogP contribution is 2.48. The average Bonchev–Trinajstić information content (AvgIpc) is 3.33. The smallest absolute Gasteiger partial charge is 0.239 e. The Kier molecular flexibility index (Phi) is 5.09. The molecule has 2 aromatic carbocycles. The second kappa shape index (κ2) is 7.79. The number of para-hydroxylation sites is 1. The Balaban J connectivity index is 1.38. The molecule has 1 unspecified atom stereocenters. The summed E-state index contributed by atoms with van der Waals surface area (Å²) in [5.41, 5.74) is 4.23. The first-order valence-corrected chi connectivity index (χ1v) is 11.4. The fraction of sp³-hybridized carbons (Fsp3) is 0.462. The fourth-order valence-electron chi connectivity index (χ4n) is 5.72. The third kappa shape index (κ3) is 3.45. The number of amides is 2. The van der Waals surface area contributed by atoms with Crippen LogP contribution in [0.3, 0.4) is 0 Å². The van der Waals surface area contributed by atoms with Crippen LogP contribution in [0.1, 0.15) is 42.9 Å². The predicted molar refractivity (Wildman–Crippen MR) is 122 cm³/mol. The number of carbonyl (C=O) groups excluding carboxylic acids is 2. The Morgan fingerprint density at radius 1 is 1.03 bits per heavy atom. The Morgan fingerprint density at radius 3 is 2.45 bits per heavy atom. The molecule has 2 saturated heterocycles. The van der Waals surface area contributed by atoms with E-state index in [2.05, 4.69) is 54.3 Å². The van der Waals surface area contributed by atoms with E-state index in [1.807, 2.05) is 15.9 Å². The van der Waals surface area contributed by atoms with E-state index in [0.717, 1.165) is 56.7 Å². The molecule has 0 radical (unpaired) electrons. The molecule has 1 atom stereocenters. The van der Waals surface area contributed by atoms with Crippen LogP contribution in [-0.2, 0) is 21.5 Å². The number of piperidine rings is 1. The summed E-state index contributed by atoms with van der Waals surface area (Å²) >= 11 is 0. The van der Waals surface area contributed by atoms with Crippen molar-refractivity contribution in [3.05, 3.63) is 65.2 Å². The molecule has 3 aliphatic rings. The molecule has 1 spiro atoms. The van der Waals surface area contributed by atoms with E-state index in [4.69, 9.17) is 0 Å². The molecule has 0 bridgehead atoms. The number of likely N-dealkylation sites (tertiary alicyclic amines) is 2. The number of benzene rings is 2. The van der Waals surface area contributed by atoms with Gasteiger partial charge in [0.15, 0.2) is 0 Å². The second-order valence-corrected chi connectivity index (χ2v) is 9.43. The van der Waals surface area contributed by atoms with Crippen LogP contribution in [0.5, 0.6) is 0 Å². The quantitative estimate of drug-likeness (QED) is 0.768. The van der Waals surface area contributed by atoms with E-state index in [1.54, 1.807) is 6.92 Å². The molecule has 0 N–H and O–H groups in total. The van der Waals surface area contributed by atoms with Gasteiger partial charge in [0.25, 0.3) is 0 Å². The number of hydrogen-bond donors (Lipinski definition) is 0. The Bertz CT molecular complexity index is 994. The van der Waals surface area contributed by atoms with Crippen molar-refractivity contribution in [3.63, 3.8) is 0 Å². The highest BCUT2D eigenvalue weighted by molar-refractivity contribution is 6.08. The highest BCUT2D eigenvalue weighted by Gasteiger charge is 2.55. The predicted octanol–water partition coefficient (Wildman–Crippen LogP) is 3.50. The van der Waals surface area contributed by atoms with Crippen molar-refractivity contribution in [2.45, 2.75) is 51.1 Å². The molecule has 162 valence electrons. The summed E-state index contributed by atoms with van der Waals surface area (Å²) < 4.78 is 0. The number of fused-ring (bicyclic) bond motifs is 2. The summed E-state index contributed by atoms with van der Waals surface area (Å²) in [6.45, 7) is 7.75. The molecule has 31 heavy (non-hydrogen) atoms. The van der Waals surface area contributed by atoms with E-state index >= 15 is 0 Å². The molecule has 2 amide bonds. The van der Waals surface area contributed by atoms with Crippen LogP contribution in [0.2, 0.25) is 0 Å². The van der Waals surface area contributed by atoms with Gasteiger partial charge in [-0.1, -0.05) is 48.0 Å². The van der Waals surface area contributed by atoms with Crippen molar-refractivity contribution in [3.8, 4) is 0 Å². The van der Waals surface area contributed by atoms with Crippen LogP contribution >= 0.6 is 0 Å². The first kappa shape index (κ1) is 20.3. The molecule has 5 heteroatoms. The van der Waals surface area contributed by atoms with Gasteiger partial charge in [0, 0.05) is 38.3 Å². The van der Waals surface area contributed by atoms with Gasteiger partial charge >= 0.3 is 0 Å². The first-order chi connectivity index (χ1) is 15.0. The standard InChI is InChI=1S/C26H31N3O2/c1-19-7-9-21(10-8-19)17-29-24-6-4-3-5-23(24)26(25(29)31)13-16-28(18-26)22-11-14-27(15-12-22)20(2)30/h3-10,22H,11-18H2,1-2H3. The largest absolute Gasteiger partial charge is 0.343 e. The van der Waals surface area contributed by atoms with E-state index in [-0.39, 0.29) is 11.8 Å². The lowest BCUT2D eigenvalue weighted by atomic mass is 9.81. The van der Waals surface area contributed by atoms with E-state index in [0.29, 0.717) is 12.6 Å². The zero-order chi connectivity index (χ0) is 21.6. The summed E-state index contributed by atoms with van der Waals surface area (Å²) in [6, 6.07) is 17.3. The van der Waals surface area contributed by atoms with Crippen molar-refractivity contribution in [2.24, 2.45) is 0 Å². The number of carbonyl (C=O) groups is 2. The minimum Gasteiger partial charge on any atom is -0.343 e. The maximum Gasteiger partial charge on any atom is 0.239 e. The molecular weight excluding hydrogens is 386 g/mol. The van der Waals surface area contributed by atoms with E-state index in [1.165, 1.54) is 11.1 Å². The van der Waals surface area contributed by atoms with Crippen molar-refractivity contribution >= 4 is 17.5 Å². The zero-order valence-corrected chi connectivity index (χ0v) is 18.5. The number of nitrogens with zero attached hydrogens (tertiary/aromatic N) is 3. The van der Waals surface area contributed by atoms with Crippen molar-refractivity contribution in [1.82, 2.24) is 9.80 Å². The maximum absolute atomic E-state index is 13.9. The van der Waals surface area contributed by atoms with Gasteiger partial charge in [-0.2, -0.15) is 0 Å². The summed E-state index contributed by atoms with van der Waals surface area (Å²) in [5.74, 6) is 0.418. The molecule has 0 aromatic heterocycles. The number of aryl methyl sites for hydroxylation is 1. The molecule has 3 heterocycles. The third-order valence-electron chi connectivity index (χ3n) is 7.55. The SMILES string of the molecule is CC(=O)N1CCC(N2CCC3(C2)C(=O)N(Cc2ccc(C)cc2)c2ccccc23)CC1. The minimum absolute atomic E-state index is 0.169. The first-order valence-electron chi connectivity index (χ1n) is 11.4. The Labute approximate surface area is 184 Å². The van der Waals surface area contributed by atoms with Gasteiger partial charge in [0.2, 0.25) is 11.8 Å². The van der Waals surface area contributed by atoms with Crippen LogP contribution in [0.15, 0.2) is 48.5 Å². The summed E-state index contributed by atoms with van der Waals surface area (Å²) in [5, 5.41) is 0. The maximum atomic E-state index is 13.9. The topological polar surface area (TPSA) is 43.9 Å². The average molecular weight is 418 g/mol. The lowest BCUT2D eigenvalue weighted by molar-refractivity contribution is -0.130. The van der Waals surface area contributed by atoms with Crippen LogP contribution < -0.4 is 4.90 Å². The van der Waals surface area contributed by atoms with Crippen LogP contribution in [0.4, 0.5) is 5.69 Å². The highest BCUT2D eigenvalue weighted by atomic mass is 16.2. The van der Waals surface area contributed by atoms with Crippen molar-refractivity contribution in [1.29, 1.82) is 0 Å². The second-order valence-electron chi connectivity index (χ2n) is 9.43. The lowest BCUT2D eigenvalue weighted by Crippen LogP contribution is -2.48. The molecule has 2 fully saturated rings. The molecule has 3 aliphatic heterocycles. The number of rotatable bonds is 3. The monoisotopic (exact) mass is 417 g/mol. The summed E-state index contributed by atoms with van der Waals surface area (Å²) in [4.78, 5) is 32.0. The fourth-order valence-corrected chi connectivity index (χ4v) is 5.72. The van der Waals surface area contributed by atoms with Gasteiger partial charge < -0.3 is 9.80 Å². The zero-order valence-electron chi connectivity index (χ0n) is 18.5. The number of hydrogen-bond acceptors (Lipinski definition) is 3. The molecule has 5 nitrogen and oxygen atoms in total. The van der Waals surface area contributed by atoms with Crippen LogP contribution in [0.25, 0.3) is 0 Å². The van der Waals surface area contributed by atoms with Gasteiger partial charge in [0.1, 0.15) is 0 Å². The van der Waals surface area contributed by atoms with Gasteiger partial charge in [-0.3, -0.25) is 14.5 Å². The van der Waals surface area contributed by atoms with Crippen LogP contribution in [0, 0.1) is 6.92 Å². The van der Waals surface area contributed by atoms with Gasteiger partial charge in [0.05, 0.1) is 12.0 Å². The summed E-state index contributed by atoms with van der Waals surface area (Å²) in [7, 11) is 0. The normalized spacial score (nSPS) is 24.3. The molecule has 5 rings (SSSR count). The van der Waals surface area contributed by atoms with Gasteiger partial charge in [-0.05, 0) is 49.9 Å². The van der Waals surface area contributed by atoms with Crippen molar-refractivity contribution in [2.75, 3.05) is 31.1 Å². The molecule has 2 aromatic rings. The third-order valence-corrected chi connectivity index (χ3v) is 7.55.